The molecule has 0 heterocycles. The van der Waals surface area contributed by atoms with Gasteiger partial charge >= 0.3 is 0 Å². The minimum atomic E-state index is -0.0178. The van der Waals surface area contributed by atoms with E-state index in [9.17, 15) is 0 Å². The second kappa shape index (κ2) is 3.87. The Kier molecular flexibility index (Phi) is 3.06. The van der Waals surface area contributed by atoms with Crippen molar-refractivity contribution in [2.45, 2.75) is 24.9 Å². The molecule has 0 fully saturated rings. The summed E-state index contributed by atoms with van der Waals surface area (Å²) in [5.41, 5.74) is 7.50. The standard InChI is InChI=1S/C10H17NSi/c1-2-8-10(11,12)9-6-4-3-5-7-9/h3-7H,2,8,11H2,1,12H3. The Labute approximate surface area is 77.4 Å². The van der Waals surface area contributed by atoms with Gasteiger partial charge < -0.3 is 5.73 Å². The topological polar surface area (TPSA) is 26.0 Å². The third-order valence-electron chi connectivity index (χ3n) is 2.20. The van der Waals surface area contributed by atoms with Crippen LogP contribution in [0.1, 0.15) is 25.3 Å². The average molecular weight is 179 g/mol. The van der Waals surface area contributed by atoms with Crippen LogP contribution in [0.5, 0.6) is 0 Å². The first-order valence-corrected chi connectivity index (χ1v) is 5.51. The van der Waals surface area contributed by atoms with Crippen LogP contribution in [0.4, 0.5) is 0 Å². The van der Waals surface area contributed by atoms with Crippen molar-refractivity contribution in [2.75, 3.05) is 0 Å². The van der Waals surface area contributed by atoms with Crippen molar-refractivity contribution >= 4 is 10.2 Å². The molecule has 0 amide bonds. The van der Waals surface area contributed by atoms with Gasteiger partial charge in [-0.2, -0.15) is 0 Å². The zero-order valence-corrected chi connectivity index (χ0v) is 9.88. The fourth-order valence-corrected chi connectivity index (χ4v) is 2.32. The van der Waals surface area contributed by atoms with Crippen molar-refractivity contribution in [3.8, 4) is 0 Å². The Balaban J connectivity index is 2.82. The molecule has 1 aromatic carbocycles. The van der Waals surface area contributed by atoms with Crippen molar-refractivity contribution in [1.82, 2.24) is 0 Å². The molecule has 0 saturated carbocycles. The SMILES string of the molecule is CCCC(N)([SiH3])c1ccccc1. The number of hydrogen-bond donors (Lipinski definition) is 1. The molecule has 0 aromatic heterocycles. The van der Waals surface area contributed by atoms with Crippen molar-refractivity contribution < 1.29 is 0 Å². The Morgan fingerprint density at radius 3 is 2.42 bits per heavy atom. The highest BCUT2D eigenvalue weighted by molar-refractivity contribution is 6.15. The first kappa shape index (κ1) is 9.48. The normalized spacial score (nSPS) is 15.8. The summed E-state index contributed by atoms with van der Waals surface area (Å²) in [4.78, 5) is 0. The molecule has 2 N–H and O–H groups in total. The number of rotatable bonds is 3. The van der Waals surface area contributed by atoms with E-state index in [1.165, 1.54) is 5.56 Å². The fraction of sp³-hybridized carbons (Fsp3) is 0.400. The largest absolute Gasteiger partial charge is 0.325 e. The van der Waals surface area contributed by atoms with Crippen LogP contribution >= 0.6 is 0 Å². The molecule has 0 aliphatic rings. The van der Waals surface area contributed by atoms with E-state index in [0.717, 1.165) is 23.1 Å². The van der Waals surface area contributed by atoms with Gasteiger partial charge in [-0.3, -0.25) is 0 Å². The van der Waals surface area contributed by atoms with Crippen molar-refractivity contribution in [3.05, 3.63) is 35.9 Å². The van der Waals surface area contributed by atoms with Gasteiger partial charge in [0.05, 0.1) is 0 Å². The van der Waals surface area contributed by atoms with Crippen LogP contribution in [0.25, 0.3) is 0 Å². The Morgan fingerprint density at radius 2 is 1.92 bits per heavy atom. The van der Waals surface area contributed by atoms with E-state index in [4.69, 9.17) is 5.73 Å². The quantitative estimate of drug-likeness (QED) is 0.687. The first-order valence-electron chi connectivity index (χ1n) is 4.51. The molecule has 0 bridgehead atoms. The molecule has 66 valence electrons. The van der Waals surface area contributed by atoms with E-state index in [1.54, 1.807) is 0 Å². The van der Waals surface area contributed by atoms with Crippen molar-refractivity contribution in [1.29, 1.82) is 0 Å². The molecular formula is C10H17NSi. The Hall–Kier alpha value is -0.603. The van der Waals surface area contributed by atoms with E-state index in [-0.39, 0.29) is 5.16 Å². The maximum Gasteiger partial charge on any atom is 0.0335 e. The van der Waals surface area contributed by atoms with Gasteiger partial charge in [-0.15, -0.1) is 0 Å². The summed E-state index contributed by atoms with van der Waals surface area (Å²) in [6.07, 6.45) is 2.26. The van der Waals surface area contributed by atoms with Gasteiger partial charge in [0.1, 0.15) is 0 Å². The minimum Gasteiger partial charge on any atom is -0.325 e. The summed E-state index contributed by atoms with van der Waals surface area (Å²) >= 11 is 0. The van der Waals surface area contributed by atoms with Crippen LogP contribution in [0.3, 0.4) is 0 Å². The second-order valence-electron chi connectivity index (χ2n) is 3.53. The van der Waals surface area contributed by atoms with Crippen LogP contribution in [0.15, 0.2) is 30.3 Å². The lowest BCUT2D eigenvalue weighted by atomic mass is 10.0. The maximum atomic E-state index is 6.21. The predicted molar refractivity (Wildman–Crippen MR) is 57.2 cm³/mol. The zero-order valence-electron chi connectivity index (χ0n) is 7.88. The smallest absolute Gasteiger partial charge is 0.0335 e. The van der Waals surface area contributed by atoms with Crippen LogP contribution in [0.2, 0.25) is 0 Å². The van der Waals surface area contributed by atoms with Gasteiger partial charge in [-0.1, -0.05) is 43.7 Å². The van der Waals surface area contributed by atoms with E-state index < -0.39 is 0 Å². The molecule has 0 spiro atoms. The summed E-state index contributed by atoms with van der Waals surface area (Å²) in [6.45, 7) is 2.18. The molecule has 12 heavy (non-hydrogen) atoms. The fourth-order valence-electron chi connectivity index (χ4n) is 1.48. The molecule has 1 rings (SSSR count). The molecule has 2 heteroatoms. The maximum absolute atomic E-state index is 6.21. The molecule has 0 aliphatic heterocycles. The second-order valence-corrected chi connectivity index (χ2v) is 5.32. The molecule has 0 saturated heterocycles. The van der Waals surface area contributed by atoms with Crippen molar-refractivity contribution in [2.24, 2.45) is 5.73 Å². The third kappa shape index (κ3) is 2.19. The van der Waals surface area contributed by atoms with Gasteiger partial charge in [0.25, 0.3) is 0 Å². The number of hydrogen-bond acceptors (Lipinski definition) is 1. The molecule has 1 atom stereocenters. The monoisotopic (exact) mass is 179 g/mol. The van der Waals surface area contributed by atoms with Gasteiger partial charge in [0.2, 0.25) is 0 Å². The van der Waals surface area contributed by atoms with Crippen LogP contribution < -0.4 is 5.73 Å². The number of nitrogens with two attached hydrogens (primary N) is 1. The summed E-state index contributed by atoms with van der Waals surface area (Å²) in [7, 11) is 1.02. The highest BCUT2D eigenvalue weighted by atomic mass is 28.1. The van der Waals surface area contributed by atoms with E-state index in [1.807, 2.05) is 6.07 Å². The minimum absolute atomic E-state index is 0.0178. The Morgan fingerprint density at radius 1 is 1.33 bits per heavy atom. The average Bonchev–Trinajstić information content (AvgIpc) is 2.06. The highest BCUT2D eigenvalue weighted by Gasteiger charge is 2.18. The van der Waals surface area contributed by atoms with Crippen LogP contribution in [-0.2, 0) is 5.16 Å². The van der Waals surface area contributed by atoms with E-state index in [0.29, 0.717) is 0 Å². The molecular weight excluding hydrogens is 162 g/mol. The van der Waals surface area contributed by atoms with Gasteiger partial charge in [-0.25, -0.2) is 0 Å². The first-order chi connectivity index (χ1) is 5.67. The summed E-state index contributed by atoms with van der Waals surface area (Å²) in [6, 6.07) is 10.4. The molecule has 1 aromatic rings. The Bertz CT molecular complexity index is 231. The van der Waals surface area contributed by atoms with Gasteiger partial charge in [0, 0.05) is 15.4 Å². The lowest BCUT2D eigenvalue weighted by molar-refractivity contribution is 0.568. The van der Waals surface area contributed by atoms with Crippen LogP contribution in [0, 0.1) is 0 Å². The molecule has 0 aliphatic carbocycles. The third-order valence-corrected chi connectivity index (χ3v) is 3.28. The summed E-state index contributed by atoms with van der Waals surface area (Å²) < 4.78 is 0. The zero-order chi connectivity index (χ0) is 9.03. The molecule has 0 radical (unpaired) electrons. The highest BCUT2D eigenvalue weighted by Crippen LogP contribution is 2.19. The van der Waals surface area contributed by atoms with E-state index in [2.05, 4.69) is 31.2 Å². The number of benzene rings is 1. The van der Waals surface area contributed by atoms with E-state index >= 15 is 0 Å². The van der Waals surface area contributed by atoms with Crippen LogP contribution in [-0.4, -0.2) is 10.2 Å². The summed E-state index contributed by atoms with van der Waals surface area (Å²) in [5, 5.41) is -0.0178. The lowest BCUT2D eigenvalue weighted by Crippen LogP contribution is -2.36. The molecule has 1 nitrogen and oxygen atoms in total. The summed E-state index contributed by atoms with van der Waals surface area (Å²) in [5.74, 6) is 0. The lowest BCUT2D eigenvalue weighted by Gasteiger charge is -2.24. The van der Waals surface area contributed by atoms with Gasteiger partial charge in [0.15, 0.2) is 0 Å². The van der Waals surface area contributed by atoms with Crippen molar-refractivity contribution in [3.63, 3.8) is 0 Å². The predicted octanol–water partition coefficient (Wildman–Crippen LogP) is 0.964. The van der Waals surface area contributed by atoms with Gasteiger partial charge in [-0.05, 0) is 12.0 Å². The molecule has 1 unspecified atom stereocenters.